The van der Waals surface area contributed by atoms with Crippen molar-refractivity contribution >= 4 is 29.6 Å². The fourth-order valence-corrected chi connectivity index (χ4v) is 5.89. The molecule has 0 aliphatic carbocycles. The van der Waals surface area contributed by atoms with E-state index in [1.165, 1.54) is 4.91 Å². The molecule has 9 heteroatoms. The van der Waals surface area contributed by atoms with Crippen LogP contribution in [0.1, 0.15) is 38.7 Å². The van der Waals surface area contributed by atoms with E-state index in [2.05, 4.69) is 25.2 Å². The van der Waals surface area contributed by atoms with Crippen molar-refractivity contribution in [2.75, 3.05) is 32.4 Å². The van der Waals surface area contributed by atoms with Gasteiger partial charge in [-0.2, -0.15) is 0 Å². The lowest BCUT2D eigenvalue weighted by Crippen LogP contribution is -2.76. The van der Waals surface area contributed by atoms with E-state index >= 15 is 0 Å². The van der Waals surface area contributed by atoms with Crippen molar-refractivity contribution in [1.82, 2.24) is 25.1 Å². The average Bonchev–Trinajstić information content (AvgIpc) is 3.32. The van der Waals surface area contributed by atoms with Crippen LogP contribution in [0.15, 0.2) is 41.3 Å². The Morgan fingerprint density at radius 2 is 1.97 bits per heavy atom. The molecule has 8 nitrogen and oxygen atoms in total. The summed E-state index contributed by atoms with van der Waals surface area (Å²) >= 11 is 1.85. The predicted molar refractivity (Wildman–Crippen MR) is 133 cm³/mol. The second kappa shape index (κ2) is 10.8. The van der Waals surface area contributed by atoms with E-state index in [1.54, 1.807) is 22.0 Å². The Labute approximate surface area is 206 Å². The van der Waals surface area contributed by atoms with Gasteiger partial charge < -0.3 is 15.1 Å². The minimum atomic E-state index is -0.547. The molecule has 2 saturated heterocycles. The van der Waals surface area contributed by atoms with Crippen LogP contribution in [0.25, 0.3) is 0 Å². The quantitative estimate of drug-likeness (QED) is 0.643. The molecule has 4 amide bonds. The van der Waals surface area contributed by atoms with E-state index in [-0.39, 0.29) is 30.3 Å². The van der Waals surface area contributed by atoms with Crippen molar-refractivity contribution in [2.45, 2.75) is 51.9 Å². The number of rotatable bonds is 7. The molecule has 3 aliphatic rings. The molecule has 0 radical (unpaired) electrons. The molecule has 1 N–H and O–H groups in total. The van der Waals surface area contributed by atoms with Crippen LogP contribution in [0.2, 0.25) is 0 Å². The lowest BCUT2D eigenvalue weighted by molar-refractivity contribution is -0.187. The number of amides is 4. The predicted octanol–water partition coefficient (Wildman–Crippen LogP) is 2.88. The third-order valence-electron chi connectivity index (χ3n) is 6.53. The summed E-state index contributed by atoms with van der Waals surface area (Å²) in [5.41, 5.74) is 1.00. The van der Waals surface area contributed by atoms with Crippen molar-refractivity contribution in [2.24, 2.45) is 5.92 Å². The summed E-state index contributed by atoms with van der Waals surface area (Å²) < 4.78 is 0. The number of likely N-dealkylation sites (N-methyl/N-ethyl adjacent to an activating group) is 1. The summed E-state index contributed by atoms with van der Waals surface area (Å²) in [4.78, 5) is 44.8. The molecule has 0 saturated carbocycles. The van der Waals surface area contributed by atoms with Gasteiger partial charge in [-0.1, -0.05) is 50.3 Å². The van der Waals surface area contributed by atoms with Gasteiger partial charge in [-0.15, -0.1) is 11.8 Å². The summed E-state index contributed by atoms with van der Waals surface area (Å²) in [5.74, 6) is 1.24. The number of carbonyl (C=O) groups is 3. The molecule has 1 aromatic rings. The molecular formula is C25H35N5O3S. The van der Waals surface area contributed by atoms with Gasteiger partial charge in [-0.25, -0.2) is 14.8 Å². The first kappa shape index (κ1) is 24.6. The topological polar surface area (TPSA) is 76.2 Å². The second-order valence-electron chi connectivity index (χ2n) is 9.57. The maximum absolute atomic E-state index is 13.5. The van der Waals surface area contributed by atoms with Gasteiger partial charge in [-0.05, 0) is 35.6 Å². The fourth-order valence-electron chi connectivity index (χ4n) is 4.92. The summed E-state index contributed by atoms with van der Waals surface area (Å²) in [6, 6.07) is 8.93. The molecule has 184 valence electrons. The van der Waals surface area contributed by atoms with Crippen LogP contribution in [0.5, 0.6) is 0 Å². The molecule has 0 bridgehead atoms. The van der Waals surface area contributed by atoms with Gasteiger partial charge in [0.25, 0.3) is 0 Å². The van der Waals surface area contributed by atoms with Crippen LogP contribution in [0.3, 0.4) is 0 Å². The van der Waals surface area contributed by atoms with Gasteiger partial charge in [-0.3, -0.25) is 9.59 Å². The van der Waals surface area contributed by atoms with Crippen LogP contribution in [0, 0.1) is 5.92 Å². The van der Waals surface area contributed by atoms with Crippen molar-refractivity contribution in [1.29, 1.82) is 0 Å². The Morgan fingerprint density at radius 3 is 2.65 bits per heavy atom. The number of thioether (sulfide) groups is 1. The van der Waals surface area contributed by atoms with E-state index in [4.69, 9.17) is 0 Å². The second-order valence-corrected chi connectivity index (χ2v) is 10.8. The molecule has 34 heavy (non-hydrogen) atoms. The molecule has 0 aromatic heterocycles. The van der Waals surface area contributed by atoms with Gasteiger partial charge >= 0.3 is 6.03 Å². The number of nitrogens with one attached hydrogen (secondary N) is 1. The Balaban J connectivity index is 1.55. The zero-order chi connectivity index (χ0) is 24.2. The molecule has 3 heterocycles. The fraction of sp³-hybridized carbons (Fsp3) is 0.560. The smallest absolute Gasteiger partial charge is 0.334 e. The maximum Gasteiger partial charge on any atom is 0.334 e. The van der Waals surface area contributed by atoms with Gasteiger partial charge in [0.15, 0.2) is 0 Å². The average molecular weight is 486 g/mol. The minimum Gasteiger partial charge on any atom is -0.337 e. The Bertz CT molecular complexity index is 938. The molecule has 2 fully saturated rings. The number of urea groups is 1. The Hall–Kier alpha value is -2.52. The van der Waals surface area contributed by atoms with Crippen LogP contribution in [-0.2, 0) is 16.1 Å². The monoisotopic (exact) mass is 485 g/mol. The number of allylic oxidation sites excluding steroid dienone is 1. The number of carbonyl (C=O) groups excluding carboxylic acids is 3. The highest BCUT2D eigenvalue weighted by Gasteiger charge is 2.50. The Kier molecular flexibility index (Phi) is 7.83. The molecule has 2 atom stereocenters. The third kappa shape index (κ3) is 5.41. The largest absolute Gasteiger partial charge is 0.337 e. The zero-order valence-corrected chi connectivity index (χ0v) is 21.1. The first-order chi connectivity index (χ1) is 16.3. The minimum absolute atomic E-state index is 0.00362. The number of piperazine rings is 1. The third-order valence-corrected chi connectivity index (χ3v) is 7.72. The maximum atomic E-state index is 13.5. The van der Waals surface area contributed by atoms with Gasteiger partial charge in [0.2, 0.25) is 11.8 Å². The van der Waals surface area contributed by atoms with E-state index in [1.807, 2.05) is 47.0 Å². The number of hydrogen-bond donors (Lipinski definition) is 1. The first-order valence-electron chi connectivity index (χ1n) is 12.1. The SMILES string of the molecule is CC(C)C[C@H]1C(=O)N(CCC2=CCCS2)C[C@H]2N1C(=O)CN(C)N2C(=O)NCc1ccccc1. The number of benzene rings is 1. The van der Waals surface area contributed by atoms with Crippen molar-refractivity contribution in [3.63, 3.8) is 0 Å². The van der Waals surface area contributed by atoms with Crippen LogP contribution < -0.4 is 5.32 Å². The van der Waals surface area contributed by atoms with Crippen molar-refractivity contribution in [3.05, 3.63) is 46.9 Å². The number of hydrazine groups is 1. The van der Waals surface area contributed by atoms with Crippen molar-refractivity contribution < 1.29 is 14.4 Å². The van der Waals surface area contributed by atoms with E-state index in [0.29, 0.717) is 26.1 Å². The number of fused-ring (bicyclic) bond motifs is 1. The Morgan fingerprint density at radius 1 is 1.21 bits per heavy atom. The van der Waals surface area contributed by atoms with Crippen LogP contribution >= 0.6 is 11.8 Å². The lowest BCUT2D eigenvalue weighted by Gasteiger charge is -2.54. The summed E-state index contributed by atoms with van der Waals surface area (Å²) in [7, 11) is 1.76. The standard InChI is InChI=1S/C25H35N5O3S/c1-18(2)14-21-24(32)28(12-11-20-10-7-13-34-20)16-22-29(21)23(31)17-27(3)30(22)25(33)26-15-19-8-5-4-6-9-19/h4-6,8-10,18,21-22H,7,11-17H2,1-3H3,(H,26,33)/t21-,22-/m0/s1. The zero-order valence-electron chi connectivity index (χ0n) is 20.3. The van der Waals surface area contributed by atoms with Crippen LogP contribution in [-0.4, -0.2) is 82.3 Å². The van der Waals surface area contributed by atoms with E-state index in [9.17, 15) is 14.4 Å². The van der Waals surface area contributed by atoms with Gasteiger partial charge in [0, 0.05) is 25.9 Å². The number of hydrogen-bond acceptors (Lipinski definition) is 5. The number of nitrogens with zero attached hydrogens (tertiary/aromatic N) is 4. The van der Waals surface area contributed by atoms with E-state index < -0.39 is 12.2 Å². The molecule has 1 aromatic carbocycles. The lowest BCUT2D eigenvalue weighted by atomic mass is 9.97. The van der Waals surface area contributed by atoms with E-state index in [0.717, 1.165) is 24.2 Å². The highest BCUT2D eigenvalue weighted by molar-refractivity contribution is 8.03. The van der Waals surface area contributed by atoms with Crippen molar-refractivity contribution in [3.8, 4) is 0 Å². The highest BCUT2D eigenvalue weighted by Crippen LogP contribution is 2.31. The first-order valence-corrected chi connectivity index (χ1v) is 13.1. The normalized spacial score (nSPS) is 23.4. The van der Waals surface area contributed by atoms with Gasteiger partial charge in [0.1, 0.15) is 12.2 Å². The molecule has 4 rings (SSSR count). The molecule has 0 unspecified atom stereocenters. The molecule has 0 spiro atoms. The van der Waals surface area contributed by atoms with Gasteiger partial charge in [0.05, 0.1) is 13.1 Å². The summed E-state index contributed by atoms with van der Waals surface area (Å²) in [6.07, 6.45) is 4.21. The molecule has 3 aliphatic heterocycles. The highest BCUT2D eigenvalue weighted by atomic mass is 32.2. The summed E-state index contributed by atoms with van der Waals surface area (Å²) in [5, 5.41) is 6.30. The van der Waals surface area contributed by atoms with Crippen LogP contribution in [0.4, 0.5) is 4.79 Å². The summed E-state index contributed by atoms with van der Waals surface area (Å²) in [6.45, 7) is 5.52. The molecular weight excluding hydrogens is 450 g/mol.